The summed E-state index contributed by atoms with van der Waals surface area (Å²) in [6, 6.07) is 15.0. The number of nitrogens with one attached hydrogen (secondary N) is 1. The van der Waals surface area contributed by atoms with Gasteiger partial charge in [-0.3, -0.25) is 9.59 Å². The molecule has 4 rings (SSSR count). The first kappa shape index (κ1) is 17.5. The van der Waals surface area contributed by atoms with Gasteiger partial charge in [-0.05, 0) is 32.5 Å². The normalized spacial score (nSPS) is 16.8. The van der Waals surface area contributed by atoms with Gasteiger partial charge >= 0.3 is 0 Å². The fraction of sp³-hybridized carbons (Fsp3) is 0.273. The Bertz CT molecular complexity index is 1060. The molecular formula is C22H22N2O3. The number of carbonyl (C=O) groups excluding carboxylic acids is 1. The zero-order valence-electron chi connectivity index (χ0n) is 15.5. The molecule has 2 aromatic carbocycles. The topological polar surface area (TPSA) is 62.6 Å². The Morgan fingerprint density at radius 3 is 2.63 bits per heavy atom. The Morgan fingerprint density at radius 1 is 1.15 bits per heavy atom. The van der Waals surface area contributed by atoms with Crippen LogP contribution in [0.25, 0.3) is 22.3 Å². The fourth-order valence-corrected chi connectivity index (χ4v) is 3.69. The first-order valence-electron chi connectivity index (χ1n) is 9.18. The van der Waals surface area contributed by atoms with Crippen molar-refractivity contribution < 1.29 is 9.21 Å². The number of fused-ring (bicyclic) bond motifs is 1. The van der Waals surface area contributed by atoms with Gasteiger partial charge in [0.2, 0.25) is 0 Å². The van der Waals surface area contributed by atoms with Crippen molar-refractivity contribution in [2.75, 3.05) is 20.1 Å². The van der Waals surface area contributed by atoms with E-state index < -0.39 is 0 Å². The van der Waals surface area contributed by atoms with Gasteiger partial charge in [0.25, 0.3) is 5.91 Å². The summed E-state index contributed by atoms with van der Waals surface area (Å²) in [6.07, 6.45) is 0.922. The van der Waals surface area contributed by atoms with Crippen LogP contribution < -0.4 is 10.7 Å². The molecule has 1 saturated heterocycles. The maximum atomic E-state index is 13.1. The summed E-state index contributed by atoms with van der Waals surface area (Å²) in [4.78, 5) is 27.8. The summed E-state index contributed by atoms with van der Waals surface area (Å²) in [5.74, 6) is 0.423. The second-order valence-electron chi connectivity index (χ2n) is 6.96. The minimum absolute atomic E-state index is 0.0932. The molecule has 3 aromatic rings. The molecule has 1 N–H and O–H groups in total. The smallest absolute Gasteiger partial charge is 0.257 e. The van der Waals surface area contributed by atoms with E-state index in [9.17, 15) is 9.59 Å². The van der Waals surface area contributed by atoms with E-state index >= 15 is 0 Å². The third-order valence-corrected chi connectivity index (χ3v) is 5.30. The van der Waals surface area contributed by atoms with Crippen molar-refractivity contribution in [1.82, 2.24) is 10.2 Å². The van der Waals surface area contributed by atoms with Gasteiger partial charge in [-0.1, -0.05) is 36.4 Å². The Labute approximate surface area is 157 Å². The Hall–Kier alpha value is -2.92. The molecule has 5 nitrogen and oxygen atoms in total. The molecule has 1 aliphatic heterocycles. The van der Waals surface area contributed by atoms with Crippen LogP contribution >= 0.6 is 0 Å². The number of hydrogen-bond donors (Lipinski definition) is 1. The molecular weight excluding hydrogens is 340 g/mol. The van der Waals surface area contributed by atoms with Crippen molar-refractivity contribution in [3.8, 4) is 11.3 Å². The van der Waals surface area contributed by atoms with Crippen molar-refractivity contribution in [1.29, 1.82) is 0 Å². The molecule has 0 bridgehead atoms. The minimum atomic E-state index is -0.0979. The molecule has 5 heteroatoms. The van der Waals surface area contributed by atoms with E-state index in [0.717, 1.165) is 12.0 Å². The highest BCUT2D eigenvalue weighted by atomic mass is 16.3. The van der Waals surface area contributed by atoms with Gasteiger partial charge in [0.05, 0.1) is 10.9 Å². The van der Waals surface area contributed by atoms with Crippen molar-refractivity contribution in [2.24, 2.45) is 0 Å². The first-order valence-corrected chi connectivity index (χ1v) is 9.18. The summed E-state index contributed by atoms with van der Waals surface area (Å²) < 4.78 is 6.16. The van der Waals surface area contributed by atoms with Crippen molar-refractivity contribution in [2.45, 2.75) is 19.4 Å². The van der Waals surface area contributed by atoms with E-state index in [2.05, 4.69) is 5.32 Å². The molecule has 1 unspecified atom stereocenters. The number of hydrogen-bond acceptors (Lipinski definition) is 4. The quantitative estimate of drug-likeness (QED) is 0.777. The number of nitrogens with zero attached hydrogens (tertiary/aromatic N) is 1. The maximum absolute atomic E-state index is 13.1. The summed E-state index contributed by atoms with van der Waals surface area (Å²) >= 11 is 0. The van der Waals surface area contributed by atoms with E-state index in [0.29, 0.717) is 47.0 Å². The lowest BCUT2D eigenvalue weighted by Gasteiger charge is -2.17. The van der Waals surface area contributed by atoms with Gasteiger partial charge in [-0.25, -0.2) is 0 Å². The Balaban J connectivity index is 1.86. The van der Waals surface area contributed by atoms with Crippen molar-refractivity contribution in [3.63, 3.8) is 0 Å². The zero-order valence-corrected chi connectivity index (χ0v) is 15.5. The van der Waals surface area contributed by atoms with Gasteiger partial charge in [0.1, 0.15) is 5.76 Å². The van der Waals surface area contributed by atoms with Gasteiger partial charge in [0, 0.05) is 30.3 Å². The van der Waals surface area contributed by atoms with Crippen LogP contribution in [0.15, 0.2) is 57.7 Å². The molecule has 0 radical (unpaired) electrons. The van der Waals surface area contributed by atoms with Gasteiger partial charge in [-0.2, -0.15) is 0 Å². The predicted octanol–water partition coefficient (Wildman–Crippen LogP) is 3.20. The van der Waals surface area contributed by atoms with Crippen LogP contribution in [0.2, 0.25) is 0 Å². The van der Waals surface area contributed by atoms with E-state index in [4.69, 9.17) is 4.42 Å². The Kier molecular flexibility index (Phi) is 4.54. The summed E-state index contributed by atoms with van der Waals surface area (Å²) in [7, 11) is 1.91. The molecule has 1 aromatic heterocycles. The largest absolute Gasteiger partial charge is 0.455 e. The van der Waals surface area contributed by atoms with Crippen LogP contribution in [0, 0.1) is 6.92 Å². The standard InChI is InChI=1S/C22H22N2O3/c1-14-19(25)17-9-6-10-18(22(26)24-12-11-16(13-24)23-2)21(17)27-20(14)15-7-4-3-5-8-15/h3-10,16,23H,11-13H2,1-2H3. The average Bonchev–Trinajstić information content (AvgIpc) is 3.19. The highest BCUT2D eigenvalue weighted by Crippen LogP contribution is 2.28. The number of carbonyl (C=O) groups is 1. The van der Waals surface area contributed by atoms with Gasteiger partial charge in [0.15, 0.2) is 11.0 Å². The van der Waals surface area contributed by atoms with Crippen molar-refractivity contribution >= 4 is 16.9 Å². The number of rotatable bonds is 3. The van der Waals surface area contributed by atoms with Crippen molar-refractivity contribution in [3.05, 3.63) is 69.9 Å². The molecule has 1 aliphatic rings. The first-order chi connectivity index (χ1) is 13.1. The van der Waals surface area contributed by atoms with Gasteiger partial charge < -0.3 is 14.6 Å². The number of para-hydroxylation sites is 1. The Morgan fingerprint density at radius 2 is 1.93 bits per heavy atom. The highest BCUT2D eigenvalue weighted by Gasteiger charge is 2.28. The van der Waals surface area contributed by atoms with E-state index in [-0.39, 0.29) is 11.3 Å². The van der Waals surface area contributed by atoms with E-state index in [1.54, 1.807) is 25.1 Å². The van der Waals surface area contributed by atoms with E-state index in [1.165, 1.54) is 0 Å². The molecule has 27 heavy (non-hydrogen) atoms. The zero-order chi connectivity index (χ0) is 19.0. The fourth-order valence-electron chi connectivity index (χ4n) is 3.69. The van der Waals surface area contributed by atoms with Crippen LogP contribution in [0.1, 0.15) is 22.3 Å². The number of amides is 1. The number of likely N-dealkylation sites (N-methyl/N-ethyl adjacent to an activating group) is 1. The highest BCUT2D eigenvalue weighted by molar-refractivity contribution is 6.05. The monoisotopic (exact) mass is 362 g/mol. The number of likely N-dealkylation sites (tertiary alicyclic amines) is 1. The summed E-state index contributed by atoms with van der Waals surface area (Å²) in [5.41, 5.74) is 2.09. The SMILES string of the molecule is CNC1CCN(C(=O)c2cccc3c(=O)c(C)c(-c4ccccc4)oc23)C1. The third-order valence-electron chi connectivity index (χ3n) is 5.30. The average molecular weight is 362 g/mol. The summed E-state index contributed by atoms with van der Waals surface area (Å²) in [5, 5.41) is 3.66. The lowest BCUT2D eigenvalue weighted by Crippen LogP contribution is -2.33. The second-order valence-corrected chi connectivity index (χ2v) is 6.96. The molecule has 0 saturated carbocycles. The van der Waals surface area contributed by atoms with E-state index in [1.807, 2.05) is 42.3 Å². The molecule has 0 aliphatic carbocycles. The second kappa shape index (κ2) is 7.00. The molecule has 1 atom stereocenters. The van der Waals surface area contributed by atoms with Crippen LogP contribution in [0.5, 0.6) is 0 Å². The molecule has 0 spiro atoms. The third kappa shape index (κ3) is 3.04. The van der Waals surface area contributed by atoms with Crippen LogP contribution in [0.4, 0.5) is 0 Å². The van der Waals surface area contributed by atoms with Crippen LogP contribution in [-0.2, 0) is 0 Å². The predicted molar refractivity (Wildman–Crippen MR) is 106 cm³/mol. The lowest BCUT2D eigenvalue weighted by atomic mass is 10.0. The molecule has 2 heterocycles. The van der Waals surface area contributed by atoms with Gasteiger partial charge in [-0.15, -0.1) is 0 Å². The lowest BCUT2D eigenvalue weighted by molar-refractivity contribution is 0.0790. The minimum Gasteiger partial charge on any atom is -0.455 e. The molecule has 1 fully saturated rings. The molecule has 138 valence electrons. The maximum Gasteiger partial charge on any atom is 0.257 e. The number of benzene rings is 2. The molecule has 1 amide bonds. The van der Waals surface area contributed by atoms with Crippen LogP contribution in [0.3, 0.4) is 0 Å². The summed E-state index contributed by atoms with van der Waals surface area (Å²) in [6.45, 7) is 3.12. The van der Waals surface area contributed by atoms with Crippen LogP contribution in [-0.4, -0.2) is 37.0 Å².